The van der Waals surface area contributed by atoms with E-state index in [1.165, 1.54) is 19.2 Å². The Morgan fingerprint density at radius 3 is 2.53 bits per heavy atom. The van der Waals surface area contributed by atoms with Crippen molar-refractivity contribution in [3.8, 4) is 11.5 Å². The number of nitrogens with zero attached hydrogens (tertiary/aromatic N) is 2. The Morgan fingerprint density at radius 2 is 1.92 bits per heavy atom. The number of ether oxygens (including phenoxy) is 1. The van der Waals surface area contributed by atoms with Gasteiger partial charge in [-0.3, -0.25) is 15.0 Å². The molecule has 36 heavy (non-hydrogen) atoms. The molecule has 0 saturated carbocycles. The Hall–Kier alpha value is -2.99. The summed E-state index contributed by atoms with van der Waals surface area (Å²) in [5.41, 5.74) is 2.16. The number of amides is 1. The summed E-state index contributed by atoms with van der Waals surface area (Å²) in [7, 11) is -2.21. The van der Waals surface area contributed by atoms with E-state index in [-0.39, 0.29) is 53.1 Å². The second-order valence-electron chi connectivity index (χ2n) is 8.20. The zero-order chi connectivity index (χ0) is 25.8. The molecule has 12 heteroatoms. The summed E-state index contributed by atoms with van der Waals surface area (Å²) in [4.78, 5) is 31.3. The quantitative estimate of drug-likeness (QED) is 0.304. The second kappa shape index (κ2) is 12.3. The van der Waals surface area contributed by atoms with Crippen LogP contribution in [0.2, 0.25) is 0 Å². The molecule has 3 rings (SSSR count). The molecular formula is C24H31BrN4O6S. The monoisotopic (exact) mass is 582 g/mol. The third kappa shape index (κ3) is 6.82. The van der Waals surface area contributed by atoms with Crippen LogP contribution in [-0.4, -0.2) is 62.3 Å². The molecule has 2 N–H and O–H groups in total. The number of pyridine rings is 1. The van der Waals surface area contributed by atoms with Crippen LogP contribution in [0.25, 0.3) is 0 Å². The average Bonchev–Trinajstić information content (AvgIpc) is 3.10. The number of aromatic nitrogens is 1. The summed E-state index contributed by atoms with van der Waals surface area (Å²) < 4.78 is 33.9. The van der Waals surface area contributed by atoms with Crippen LogP contribution in [0.1, 0.15) is 64.4 Å². The number of aryl methyl sites for hydroxylation is 1. The number of amidine groups is 1. The number of ketones is 1. The van der Waals surface area contributed by atoms with E-state index in [4.69, 9.17) is 14.3 Å². The van der Waals surface area contributed by atoms with Crippen molar-refractivity contribution in [1.82, 2.24) is 15.2 Å². The van der Waals surface area contributed by atoms with Crippen molar-refractivity contribution in [1.29, 1.82) is 5.41 Å². The zero-order valence-electron chi connectivity index (χ0n) is 20.7. The van der Waals surface area contributed by atoms with Gasteiger partial charge in [0.25, 0.3) is 5.91 Å². The standard InChI is InChI=1S/C24H30N4O6S.BrH/c1-5-7-8-16-11-15(9-10-19(16)34-35(4,31)32)18(29)14-28-13-17-12-20(33-6-2)22(24(30)26-3)27-21(17)23(28)25;/h9-12,25H,5-8,13-14H2,1-4H3,(H,26,30);1H. The van der Waals surface area contributed by atoms with Gasteiger partial charge in [-0.2, -0.15) is 8.42 Å². The molecule has 0 aliphatic carbocycles. The Bertz CT molecular complexity index is 1270. The maximum atomic E-state index is 13.1. The van der Waals surface area contributed by atoms with Gasteiger partial charge in [0.2, 0.25) is 0 Å². The van der Waals surface area contributed by atoms with Crippen molar-refractivity contribution in [2.24, 2.45) is 0 Å². The number of hydrogen-bond acceptors (Lipinski definition) is 8. The van der Waals surface area contributed by atoms with E-state index in [1.54, 1.807) is 24.0 Å². The van der Waals surface area contributed by atoms with E-state index in [0.717, 1.165) is 19.1 Å². The van der Waals surface area contributed by atoms with Crippen molar-refractivity contribution >= 4 is 44.6 Å². The van der Waals surface area contributed by atoms with Gasteiger partial charge in [0.05, 0.1) is 19.4 Å². The first-order chi connectivity index (χ1) is 16.6. The number of fused-ring (bicyclic) bond motifs is 1. The van der Waals surface area contributed by atoms with Gasteiger partial charge < -0.3 is 19.1 Å². The first-order valence-corrected chi connectivity index (χ1v) is 13.2. The summed E-state index contributed by atoms with van der Waals surface area (Å²) in [5.74, 6) is -0.0658. The van der Waals surface area contributed by atoms with Gasteiger partial charge in [0.1, 0.15) is 17.3 Å². The molecule has 1 aromatic heterocycles. The Labute approximate surface area is 221 Å². The average molecular weight is 584 g/mol. The SMILES string of the molecule is Br.CCCCc1cc(C(=O)CN2Cc3cc(OCC)c(C(=O)NC)nc3C2=N)ccc1OS(C)(=O)=O. The zero-order valence-corrected chi connectivity index (χ0v) is 23.2. The van der Waals surface area contributed by atoms with Crippen molar-refractivity contribution in [2.75, 3.05) is 26.5 Å². The van der Waals surface area contributed by atoms with Gasteiger partial charge in [-0.15, -0.1) is 17.0 Å². The summed E-state index contributed by atoms with van der Waals surface area (Å²) >= 11 is 0. The molecule has 10 nitrogen and oxygen atoms in total. The number of hydrogen-bond donors (Lipinski definition) is 2. The highest BCUT2D eigenvalue weighted by atomic mass is 79.9. The van der Waals surface area contributed by atoms with Gasteiger partial charge in [0, 0.05) is 24.7 Å². The minimum atomic E-state index is -3.70. The number of benzene rings is 1. The topological polar surface area (TPSA) is 139 Å². The summed E-state index contributed by atoms with van der Waals surface area (Å²) in [6, 6.07) is 6.37. The number of carbonyl (C=O) groups is 2. The number of carbonyl (C=O) groups excluding carboxylic acids is 2. The lowest BCUT2D eigenvalue weighted by Gasteiger charge is -2.17. The van der Waals surface area contributed by atoms with Gasteiger partial charge in [-0.1, -0.05) is 13.3 Å². The third-order valence-electron chi connectivity index (χ3n) is 5.47. The highest BCUT2D eigenvalue weighted by Crippen LogP contribution is 2.29. The summed E-state index contributed by atoms with van der Waals surface area (Å²) in [5, 5.41) is 11.1. The van der Waals surface area contributed by atoms with Gasteiger partial charge in [0.15, 0.2) is 17.2 Å². The highest BCUT2D eigenvalue weighted by molar-refractivity contribution is 8.93. The number of rotatable bonds is 11. The molecular weight excluding hydrogens is 552 g/mol. The van der Waals surface area contributed by atoms with Gasteiger partial charge in [-0.05, 0) is 49.6 Å². The molecule has 2 heterocycles. The van der Waals surface area contributed by atoms with Crippen molar-refractivity contribution in [3.63, 3.8) is 0 Å². The van der Waals surface area contributed by atoms with Crippen LogP contribution in [0.3, 0.4) is 0 Å². The maximum absolute atomic E-state index is 13.1. The van der Waals surface area contributed by atoms with Crippen molar-refractivity contribution in [2.45, 2.75) is 39.7 Å². The fraction of sp³-hybridized carbons (Fsp3) is 0.417. The lowest BCUT2D eigenvalue weighted by atomic mass is 10.0. The normalized spacial score (nSPS) is 12.6. The number of nitrogens with one attached hydrogen (secondary N) is 2. The van der Waals surface area contributed by atoms with Crippen LogP contribution < -0.4 is 14.2 Å². The van der Waals surface area contributed by atoms with E-state index in [9.17, 15) is 18.0 Å². The second-order valence-corrected chi connectivity index (χ2v) is 9.77. The van der Waals surface area contributed by atoms with Crippen LogP contribution in [0.4, 0.5) is 0 Å². The Balaban J connectivity index is 0.00000456. The molecule has 2 aromatic rings. The summed E-state index contributed by atoms with van der Waals surface area (Å²) in [6.07, 6.45) is 3.26. The first kappa shape index (κ1) is 29.2. The van der Waals surface area contributed by atoms with Crippen LogP contribution in [0.5, 0.6) is 11.5 Å². The predicted molar refractivity (Wildman–Crippen MR) is 141 cm³/mol. The smallest absolute Gasteiger partial charge is 0.306 e. The molecule has 1 amide bonds. The molecule has 1 aromatic carbocycles. The van der Waals surface area contributed by atoms with E-state index in [1.807, 2.05) is 6.92 Å². The van der Waals surface area contributed by atoms with Gasteiger partial charge >= 0.3 is 10.1 Å². The molecule has 0 fully saturated rings. The molecule has 0 spiro atoms. The lowest BCUT2D eigenvalue weighted by Crippen LogP contribution is -2.30. The first-order valence-electron chi connectivity index (χ1n) is 11.4. The minimum Gasteiger partial charge on any atom is -0.491 e. The molecule has 0 saturated heterocycles. The van der Waals surface area contributed by atoms with Crippen molar-refractivity contribution in [3.05, 3.63) is 52.3 Å². The number of unbranched alkanes of at least 4 members (excludes halogenated alkanes) is 1. The van der Waals surface area contributed by atoms with E-state index in [2.05, 4.69) is 10.3 Å². The van der Waals surface area contributed by atoms with E-state index < -0.39 is 16.0 Å². The molecule has 0 bridgehead atoms. The molecule has 1 aliphatic rings. The van der Waals surface area contributed by atoms with Crippen LogP contribution in [-0.2, 0) is 23.1 Å². The fourth-order valence-electron chi connectivity index (χ4n) is 3.80. The van der Waals surface area contributed by atoms with Crippen LogP contribution in [0, 0.1) is 5.41 Å². The third-order valence-corrected chi connectivity index (χ3v) is 5.95. The Morgan fingerprint density at radius 1 is 1.19 bits per heavy atom. The Kier molecular flexibility index (Phi) is 10.00. The fourth-order valence-corrected chi connectivity index (χ4v) is 4.29. The van der Waals surface area contributed by atoms with Crippen molar-refractivity contribution < 1.29 is 26.9 Å². The molecule has 196 valence electrons. The maximum Gasteiger partial charge on any atom is 0.306 e. The van der Waals surface area contributed by atoms with E-state index >= 15 is 0 Å². The van der Waals surface area contributed by atoms with Crippen LogP contribution >= 0.6 is 17.0 Å². The number of halogens is 1. The van der Waals surface area contributed by atoms with E-state index in [0.29, 0.717) is 41.2 Å². The predicted octanol–water partition coefficient (Wildman–Crippen LogP) is 3.12. The molecule has 0 unspecified atom stereocenters. The molecule has 1 aliphatic heterocycles. The molecule has 0 radical (unpaired) electrons. The minimum absolute atomic E-state index is 0. The highest BCUT2D eigenvalue weighted by Gasteiger charge is 2.31. The number of Topliss-reactive ketones (excluding diaryl/α,β-unsaturated/α-hetero) is 1. The van der Waals surface area contributed by atoms with Crippen LogP contribution in [0.15, 0.2) is 24.3 Å². The van der Waals surface area contributed by atoms with Gasteiger partial charge in [-0.25, -0.2) is 4.98 Å². The largest absolute Gasteiger partial charge is 0.491 e. The summed E-state index contributed by atoms with van der Waals surface area (Å²) in [6.45, 7) is 4.37. The lowest BCUT2D eigenvalue weighted by molar-refractivity contribution is 0.0949. The molecule has 0 atom stereocenters.